The summed E-state index contributed by atoms with van der Waals surface area (Å²) >= 11 is 0. The minimum absolute atomic E-state index is 0.290. The van der Waals surface area contributed by atoms with Gasteiger partial charge in [-0.2, -0.15) is 0 Å². The van der Waals surface area contributed by atoms with Gasteiger partial charge in [-0.15, -0.1) is 15.8 Å². The molecule has 0 aromatic carbocycles. The molecule has 3 aliphatic heterocycles. The van der Waals surface area contributed by atoms with Gasteiger partial charge >= 0.3 is 0 Å². The van der Waals surface area contributed by atoms with Crippen LogP contribution in [-0.4, -0.2) is 37.0 Å². The maximum atomic E-state index is 2.51. The van der Waals surface area contributed by atoms with Gasteiger partial charge in [0.2, 0.25) is 0 Å². The molecule has 3 aliphatic rings. The van der Waals surface area contributed by atoms with E-state index < -0.39 is 0 Å². The van der Waals surface area contributed by atoms with Crippen molar-refractivity contribution in [3.05, 3.63) is 36.5 Å². The van der Waals surface area contributed by atoms with E-state index in [2.05, 4.69) is 36.5 Å². The molecule has 44 heavy (non-hydrogen) atoms. The number of hydrogen-bond acceptors (Lipinski definition) is 0. The van der Waals surface area contributed by atoms with Gasteiger partial charge in [-0.1, -0.05) is 114 Å². The summed E-state index contributed by atoms with van der Waals surface area (Å²) in [5.41, 5.74) is 0. The maximum absolute atomic E-state index is 2.51. The molecular weight excluding hydrogens is 566 g/mol. The Labute approximate surface area is 281 Å². The number of hydrogen-bond donors (Lipinski definition) is 0. The summed E-state index contributed by atoms with van der Waals surface area (Å²) in [5, 5.41) is 0. The molecule has 2 bridgehead atoms. The lowest BCUT2D eigenvalue weighted by atomic mass is 10.1. The Hall–Kier alpha value is 0.0800. The number of allylic oxidation sites excluding steroid dienone is 6. The predicted octanol–water partition coefficient (Wildman–Crippen LogP) is 15.3. The Bertz CT molecular complexity index is 520. The van der Waals surface area contributed by atoms with E-state index in [1.54, 1.807) is 37.0 Å². The predicted molar refractivity (Wildman–Crippen MR) is 209 cm³/mol. The zero-order chi connectivity index (χ0) is 30.9. The van der Waals surface area contributed by atoms with Gasteiger partial charge in [-0.3, -0.25) is 0 Å². The number of fused-ring (bicyclic) bond motifs is 36. The summed E-state index contributed by atoms with van der Waals surface area (Å²) in [4.78, 5) is 0. The lowest BCUT2D eigenvalue weighted by Crippen LogP contribution is -1.97. The second-order valence-electron chi connectivity index (χ2n) is 14.3. The van der Waals surface area contributed by atoms with E-state index in [4.69, 9.17) is 0 Å². The molecule has 3 rings (SSSR count). The van der Waals surface area contributed by atoms with Crippen molar-refractivity contribution >= 4 is 15.8 Å². The first kappa shape index (κ1) is 40.3. The molecule has 3 heterocycles. The molecule has 0 fully saturated rings. The third-order valence-electron chi connectivity index (χ3n) is 10.1. The van der Waals surface area contributed by atoms with Crippen molar-refractivity contribution in [2.75, 3.05) is 37.0 Å². The first-order valence-electron chi connectivity index (χ1n) is 20.3. The van der Waals surface area contributed by atoms with Crippen LogP contribution in [-0.2, 0) is 0 Å². The molecule has 0 amide bonds. The third-order valence-corrected chi connectivity index (χ3v) is 15.8. The fraction of sp³-hybridized carbons (Fsp3) is 0.857. The largest absolute Gasteiger partial charge is 0.107 e. The SMILES string of the molecule is C1=CCCCCCCP2CCCCCC/C=C/CCCCCCP(CCCCCC1)CCCCCC/C=C/CCCCCC2. The average Bonchev–Trinajstić information content (AvgIpc) is 3.03. The maximum Gasteiger partial charge on any atom is -0.0326 e. The van der Waals surface area contributed by atoms with Crippen molar-refractivity contribution in [2.45, 2.75) is 193 Å². The molecule has 0 atom stereocenters. The van der Waals surface area contributed by atoms with Gasteiger partial charge in [0.1, 0.15) is 0 Å². The normalized spacial score (nSPS) is 28.2. The van der Waals surface area contributed by atoms with E-state index in [1.165, 1.54) is 193 Å². The summed E-state index contributed by atoms with van der Waals surface area (Å²) < 4.78 is 0. The van der Waals surface area contributed by atoms with Crippen molar-refractivity contribution in [3.63, 3.8) is 0 Å². The van der Waals surface area contributed by atoms with E-state index >= 15 is 0 Å². The van der Waals surface area contributed by atoms with Crippen molar-refractivity contribution in [1.29, 1.82) is 0 Å². The van der Waals surface area contributed by atoms with Crippen molar-refractivity contribution in [2.24, 2.45) is 0 Å². The molecule has 0 spiro atoms. The third kappa shape index (κ3) is 27.2. The van der Waals surface area contributed by atoms with Crippen LogP contribution in [0.25, 0.3) is 0 Å². The van der Waals surface area contributed by atoms with Crippen molar-refractivity contribution < 1.29 is 0 Å². The van der Waals surface area contributed by atoms with Crippen LogP contribution >= 0.6 is 15.8 Å². The van der Waals surface area contributed by atoms with E-state index in [9.17, 15) is 0 Å². The number of rotatable bonds is 0. The fourth-order valence-electron chi connectivity index (χ4n) is 7.08. The van der Waals surface area contributed by atoms with Gasteiger partial charge in [0.15, 0.2) is 0 Å². The highest BCUT2D eigenvalue weighted by Crippen LogP contribution is 2.40. The molecule has 0 aromatic rings. The van der Waals surface area contributed by atoms with Crippen LogP contribution in [0, 0.1) is 0 Å². The van der Waals surface area contributed by atoms with Crippen LogP contribution in [0.4, 0.5) is 0 Å². The van der Waals surface area contributed by atoms with Gasteiger partial charge in [0, 0.05) is 0 Å². The highest BCUT2D eigenvalue weighted by Gasteiger charge is 2.09. The smallest absolute Gasteiger partial charge is 0.0326 e. The monoisotopic (exact) mass is 645 g/mol. The quantitative estimate of drug-likeness (QED) is 0.182. The Balaban J connectivity index is 1.90. The molecule has 256 valence electrons. The van der Waals surface area contributed by atoms with Gasteiger partial charge in [-0.25, -0.2) is 0 Å². The Morgan fingerprint density at radius 1 is 0.182 bits per heavy atom. The zero-order valence-corrected chi connectivity index (χ0v) is 31.6. The topological polar surface area (TPSA) is 0 Å². The van der Waals surface area contributed by atoms with E-state index in [1.807, 2.05) is 0 Å². The van der Waals surface area contributed by atoms with E-state index in [-0.39, 0.29) is 0 Å². The van der Waals surface area contributed by atoms with Crippen LogP contribution < -0.4 is 0 Å². The van der Waals surface area contributed by atoms with Crippen LogP contribution in [0.5, 0.6) is 0 Å². The lowest BCUT2D eigenvalue weighted by Gasteiger charge is -2.18. The van der Waals surface area contributed by atoms with Crippen molar-refractivity contribution in [3.8, 4) is 0 Å². The summed E-state index contributed by atoms with van der Waals surface area (Å²) in [6, 6.07) is 0. The average molecular weight is 645 g/mol. The van der Waals surface area contributed by atoms with Gasteiger partial charge in [-0.05, 0) is 153 Å². The summed E-state index contributed by atoms with van der Waals surface area (Å²) in [5.74, 6) is 0. The minimum Gasteiger partial charge on any atom is -0.107 e. The molecule has 0 N–H and O–H groups in total. The van der Waals surface area contributed by atoms with Gasteiger partial charge in [0.25, 0.3) is 0 Å². The Morgan fingerprint density at radius 3 is 0.523 bits per heavy atom. The van der Waals surface area contributed by atoms with Crippen LogP contribution in [0.15, 0.2) is 36.5 Å². The molecule has 0 saturated heterocycles. The summed E-state index contributed by atoms with van der Waals surface area (Å²) in [6.07, 6.45) is 67.6. The first-order chi connectivity index (χ1) is 21.9. The van der Waals surface area contributed by atoms with Gasteiger partial charge in [0.05, 0.1) is 0 Å². The molecule has 0 saturated carbocycles. The fourth-order valence-corrected chi connectivity index (χ4v) is 12.5. The van der Waals surface area contributed by atoms with Crippen LogP contribution in [0.3, 0.4) is 0 Å². The Kier molecular flexibility index (Phi) is 30.2. The molecule has 2 heteroatoms. The Morgan fingerprint density at radius 2 is 0.341 bits per heavy atom. The zero-order valence-electron chi connectivity index (χ0n) is 29.8. The molecular formula is C42H78P2. The highest BCUT2D eigenvalue weighted by molar-refractivity contribution is 7.57. The van der Waals surface area contributed by atoms with Crippen molar-refractivity contribution in [1.82, 2.24) is 0 Å². The standard InChI is InChI=1S/C42H78P2/c1-2-8-14-20-26-32-38-44-41-35-29-23-17-11-5-3-9-15-21-27-33-39-43(37-31-25-19-13-7-1)40-34-28-22-16-10-4-6-12-18-24-30-36-42-44/h1-6H,7-42H2/b2-1+,5-3+,6-4?. The summed E-state index contributed by atoms with van der Waals surface area (Å²) in [6.45, 7) is 0. The molecule has 0 nitrogen and oxygen atoms in total. The lowest BCUT2D eigenvalue weighted by molar-refractivity contribution is 0.654. The molecule has 0 radical (unpaired) electrons. The molecule has 0 aromatic heterocycles. The van der Waals surface area contributed by atoms with Crippen LogP contribution in [0.2, 0.25) is 0 Å². The summed E-state index contributed by atoms with van der Waals surface area (Å²) in [7, 11) is 0.581. The van der Waals surface area contributed by atoms with E-state index in [0.29, 0.717) is 15.8 Å². The van der Waals surface area contributed by atoms with Crippen LogP contribution in [0.1, 0.15) is 193 Å². The second kappa shape index (κ2) is 33.0. The molecule has 0 aliphatic carbocycles. The molecule has 0 unspecified atom stereocenters. The van der Waals surface area contributed by atoms with E-state index in [0.717, 1.165) is 0 Å². The second-order valence-corrected chi connectivity index (χ2v) is 19.7. The first-order valence-corrected chi connectivity index (χ1v) is 24.1. The minimum atomic E-state index is 0.290. The highest BCUT2D eigenvalue weighted by atomic mass is 31.1. The van der Waals surface area contributed by atoms with Gasteiger partial charge < -0.3 is 0 Å².